The van der Waals surface area contributed by atoms with Crippen molar-refractivity contribution in [3.8, 4) is 0 Å². The molecule has 2 atom stereocenters. The Hall–Kier alpha value is -2.82. The van der Waals surface area contributed by atoms with Gasteiger partial charge in [0, 0.05) is 5.69 Å². The Bertz CT molecular complexity index is 1020. The van der Waals surface area contributed by atoms with Crippen LogP contribution in [0.2, 0.25) is 0 Å². The molecule has 0 saturated heterocycles. The lowest BCUT2D eigenvalue weighted by Crippen LogP contribution is -2.48. The molecular weight excluding hydrogens is 415 g/mol. The van der Waals surface area contributed by atoms with Crippen molar-refractivity contribution >= 4 is 27.6 Å². The van der Waals surface area contributed by atoms with Gasteiger partial charge in [0.2, 0.25) is 10.0 Å². The van der Waals surface area contributed by atoms with E-state index >= 15 is 0 Å². The standard InChI is InChI=1S/C20H23FN2O6S/c1-12-4-8-16(9-5-12)30(27,28)23-19(14(3)24)20(26)29-11-18(25)22-15-7-6-13(2)17(21)10-15/h4-10,14,19,23-24H,11H2,1-3H3,(H,22,25)/t14-,19-/m0/s1. The van der Waals surface area contributed by atoms with Crippen LogP contribution in [-0.4, -0.2) is 44.2 Å². The summed E-state index contributed by atoms with van der Waals surface area (Å²) >= 11 is 0. The Balaban J connectivity index is 2.00. The number of carbonyl (C=O) groups excluding carboxylic acids is 2. The highest BCUT2D eigenvalue weighted by molar-refractivity contribution is 7.89. The molecule has 0 fully saturated rings. The quantitative estimate of drug-likeness (QED) is 0.539. The van der Waals surface area contributed by atoms with Gasteiger partial charge in [0.25, 0.3) is 5.91 Å². The van der Waals surface area contributed by atoms with E-state index in [-0.39, 0.29) is 10.6 Å². The lowest BCUT2D eigenvalue weighted by molar-refractivity contribution is -0.151. The average Bonchev–Trinajstić information content (AvgIpc) is 2.67. The van der Waals surface area contributed by atoms with Gasteiger partial charge in [0.05, 0.1) is 11.0 Å². The Morgan fingerprint density at radius 1 is 1.13 bits per heavy atom. The third kappa shape index (κ3) is 6.34. The molecule has 0 bridgehead atoms. The molecule has 162 valence electrons. The van der Waals surface area contributed by atoms with Crippen LogP contribution in [0.1, 0.15) is 18.1 Å². The molecule has 0 aliphatic carbocycles. The molecule has 0 saturated carbocycles. The number of benzene rings is 2. The topological polar surface area (TPSA) is 122 Å². The fourth-order valence-corrected chi connectivity index (χ4v) is 3.65. The molecular formula is C20H23FN2O6S. The maximum absolute atomic E-state index is 13.5. The van der Waals surface area contributed by atoms with Crippen LogP contribution in [0.3, 0.4) is 0 Å². The van der Waals surface area contributed by atoms with Crippen LogP contribution in [0.4, 0.5) is 10.1 Å². The summed E-state index contributed by atoms with van der Waals surface area (Å²) < 4.78 is 45.3. The zero-order valence-corrected chi connectivity index (χ0v) is 17.5. The lowest BCUT2D eigenvalue weighted by atomic mass is 10.2. The van der Waals surface area contributed by atoms with Crippen molar-refractivity contribution in [2.75, 3.05) is 11.9 Å². The van der Waals surface area contributed by atoms with Crippen molar-refractivity contribution in [2.24, 2.45) is 0 Å². The lowest BCUT2D eigenvalue weighted by Gasteiger charge is -2.20. The Kier molecular flexibility index (Phi) is 7.65. The predicted molar refractivity (Wildman–Crippen MR) is 108 cm³/mol. The molecule has 8 nitrogen and oxygen atoms in total. The summed E-state index contributed by atoms with van der Waals surface area (Å²) in [5, 5.41) is 12.2. The second kappa shape index (κ2) is 9.79. The SMILES string of the molecule is Cc1ccc(S(=O)(=O)N[C@H](C(=O)OCC(=O)Nc2ccc(C)c(F)c2)[C@H](C)O)cc1. The first-order chi connectivity index (χ1) is 14.0. The van der Waals surface area contributed by atoms with Gasteiger partial charge in [-0.15, -0.1) is 0 Å². The molecule has 10 heteroatoms. The Morgan fingerprint density at radius 3 is 2.33 bits per heavy atom. The van der Waals surface area contributed by atoms with E-state index in [1.807, 2.05) is 0 Å². The predicted octanol–water partition coefficient (Wildman–Crippen LogP) is 1.65. The van der Waals surface area contributed by atoms with Gasteiger partial charge in [-0.3, -0.25) is 9.59 Å². The Labute approximate surface area is 174 Å². The van der Waals surface area contributed by atoms with Crippen LogP contribution >= 0.6 is 0 Å². The van der Waals surface area contributed by atoms with E-state index in [1.165, 1.54) is 31.2 Å². The van der Waals surface area contributed by atoms with E-state index in [2.05, 4.69) is 10.0 Å². The summed E-state index contributed by atoms with van der Waals surface area (Å²) in [6.45, 7) is 3.81. The maximum Gasteiger partial charge on any atom is 0.327 e. The molecule has 2 aromatic rings. The summed E-state index contributed by atoms with van der Waals surface area (Å²) in [5.74, 6) is -2.40. The number of aryl methyl sites for hydroxylation is 2. The summed E-state index contributed by atoms with van der Waals surface area (Å²) in [6, 6.07) is 8.33. The minimum absolute atomic E-state index is 0.0920. The molecule has 30 heavy (non-hydrogen) atoms. The third-order valence-electron chi connectivity index (χ3n) is 4.15. The number of sulfonamides is 1. The number of aliphatic hydroxyl groups is 1. The number of hydrogen-bond donors (Lipinski definition) is 3. The summed E-state index contributed by atoms with van der Waals surface area (Å²) in [5.41, 5.74) is 1.42. The molecule has 0 heterocycles. The van der Waals surface area contributed by atoms with Crippen LogP contribution in [0, 0.1) is 19.7 Å². The zero-order valence-electron chi connectivity index (χ0n) is 16.7. The molecule has 0 spiro atoms. The van der Waals surface area contributed by atoms with E-state index in [1.54, 1.807) is 26.0 Å². The number of halogens is 1. The fraction of sp³-hybridized carbons (Fsp3) is 0.300. The van der Waals surface area contributed by atoms with Gasteiger partial charge >= 0.3 is 5.97 Å². The van der Waals surface area contributed by atoms with Crippen molar-refractivity contribution in [1.82, 2.24) is 4.72 Å². The van der Waals surface area contributed by atoms with Crippen molar-refractivity contribution in [3.05, 3.63) is 59.4 Å². The van der Waals surface area contributed by atoms with E-state index in [4.69, 9.17) is 4.74 Å². The number of hydrogen-bond acceptors (Lipinski definition) is 6. The number of carbonyl (C=O) groups is 2. The Morgan fingerprint density at radius 2 is 1.77 bits per heavy atom. The van der Waals surface area contributed by atoms with Crippen LogP contribution in [0.15, 0.2) is 47.4 Å². The minimum atomic E-state index is -4.12. The monoisotopic (exact) mass is 438 g/mol. The van der Waals surface area contributed by atoms with Crippen LogP contribution in [0.5, 0.6) is 0 Å². The first-order valence-corrected chi connectivity index (χ1v) is 10.5. The summed E-state index contributed by atoms with van der Waals surface area (Å²) in [7, 11) is -4.12. The molecule has 0 aliphatic heterocycles. The van der Waals surface area contributed by atoms with Gasteiger partial charge in [0.15, 0.2) is 6.61 Å². The molecule has 0 unspecified atom stereocenters. The molecule has 2 aromatic carbocycles. The first-order valence-electron chi connectivity index (χ1n) is 8.99. The number of rotatable bonds is 8. The minimum Gasteiger partial charge on any atom is -0.454 e. The van der Waals surface area contributed by atoms with Crippen LogP contribution < -0.4 is 10.0 Å². The number of amides is 1. The number of aliphatic hydroxyl groups excluding tert-OH is 1. The fourth-order valence-electron chi connectivity index (χ4n) is 2.39. The number of nitrogens with one attached hydrogen (secondary N) is 2. The molecule has 3 N–H and O–H groups in total. The normalized spacial score (nSPS) is 13.4. The van der Waals surface area contributed by atoms with E-state index in [9.17, 15) is 27.5 Å². The van der Waals surface area contributed by atoms with Crippen molar-refractivity contribution in [2.45, 2.75) is 37.8 Å². The summed E-state index contributed by atoms with van der Waals surface area (Å²) in [6.07, 6.45) is -1.42. The van der Waals surface area contributed by atoms with Gasteiger partial charge in [-0.2, -0.15) is 4.72 Å². The van der Waals surface area contributed by atoms with Crippen molar-refractivity contribution in [1.29, 1.82) is 0 Å². The van der Waals surface area contributed by atoms with E-state index in [0.29, 0.717) is 5.56 Å². The summed E-state index contributed by atoms with van der Waals surface area (Å²) in [4.78, 5) is 24.1. The number of ether oxygens (including phenoxy) is 1. The number of anilines is 1. The van der Waals surface area contributed by atoms with Gasteiger partial charge in [-0.05, 0) is 50.6 Å². The van der Waals surface area contributed by atoms with Crippen molar-refractivity contribution < 1.29 is 32.2 Å². The molecule has 2 rings (SSSR count). The largest absolute Gasteiger partial charge is 0.454 e. The molecule has 0 aliphatic rings. The highest BCUT2D eigenvalue weighted by Crippen LogP contribution is 2.14. The average molecular weight is 438 g/mol. The van der Waals surface area contributed by atoms with Gasteiger partial charge in [0.1, 0.15) is 11.9 Å². The van der Waals surface area contributed by atoms with Gasteiger partial charge < -0.3 is 15.2 Å². The van der Waals surface area contributed by atoms with Crippen LogP contribution in [-0.2, 0) is 24.3 Å². The molecule has 0 radical (unpaired) electrons. The maximum atomic E-state index is 13.5. The third-order valence-corrected chi connectivity index (χ3v) is 5.61. The molecule has 1 amide bonds. The zero-order chi connectivity index (χ0) is 22.5. The van der Waals surface area contributed by atoms with Gasteiger partial charge in [-0.1, -0.05) is 23.8 Å². The smallest absolute Gasteiger partial charge is 0.327 e. The van der Waals surface area contributed by atoms with Gasteiger partial charge in [-0.25, -0.2) is 12.8 Å². The van der Waals surface area contributed by atoms with E-state index < -0.39 is 46.5 Å². The van der Waals surface area contributed by atoms with Crippen LogP contribution in [0.25, 0.3) is 0 Å². The van der Waals surface area contributed by atoms with Crippen molar-refractivity contribution in [3.63, 3.8) is 0 Å². The number of esters is 1. The first kappa shape index (κ1) is 23.5. The van der Waals surface area contributed by atoms with E-state index in [0.717, 1.165) is 11.6 Å². The molecule has 0 aromatic heterocycles. The highest BCUT2D eigenvalue weighted by atomic mass is 32.2. The second-order valence-electron chi connectivity index (χ2n) is 6.77. The highest BCUT2D eigenvalue weighted by Gasteiger charge is 2.31. The second-order valence-corrected chi connectivity index (χ2v) is 8.49.